The van der Waals surface area contributed by atoms with E-state index in [1.54, 1.807) is 24.3 Å². The van der Waals surface area contributed by atoms with Gasteiger partial charge in [-0.15, -0.1) is 0 Å². The highest BCUT2D eigenvalue weighted by molar-refractivity contribution is 6.04. The Morgan fingerprint density at radius 3 is 2.67 bits per heavy atom. The van der Waals surface area contributed by atoms with Crippen LogP contribution in [0.2, 0.25) is 0 Å². The van der Waals surface area contributed by atoms with Crippen molar-refractivity contribution in [1.82, 2.24) is 20.8 Å². The van der Waals surface area contributed by atoms with Crippen LogP contribution in [0.25, 0.3) is 0 Å². The number of hydrogen-bond donors (Lipinski definition) is 4. The SMILES string of the molecule is O=C(NC1CC1)c1ccc(NC(=O)c2n[nH]c3c2CNCC3)cc1. The molecule has 1 saturated carbocycles. The smallest absolute Gasteiger partial charge is 0.276 e. The van der Waals surface area contributed by atoms with Gasteiger partial charge in [0.25, 0.3) is 11.8 Å². The zero-order valence-electron chi connectivity index (χ0n) is 13.2. The molecule has 24 heavy (non-hydrogen) atoms. The number of anilines is 1. The molecule has 124 valence electrons. The summed E-state index contributed by atoms with van der Waals surface area (Å²) in [6.07, 6.45) is 2.96. The lowest BCUT2D eigenvalue weighted by molar-refractivity contribution is 0.0950. The Hall–Kier alpha value is -2.67. The Balaban J connectivity index is 1.44. The van der Waals surface area contributed by atoms with Gasteiger partial charge in [-0.3, -0.25) is 14.7 Å². The number of aromatic amines is 1. The van der Waals surface area contributed by atoms with Crippen LogP contribution in [0.4, 0.5) is 5.69 Å². The van der Waals surface area contributed by atoms with E-state index in [0.29, 0.717) is 29.5 Å². The van der Waals surface area contributed by atoms with Gasteiger partial charge in [0.2, 0.25) is 0 Å². The van der Waals surface area contributed by atoms with E-state index < -0.39 is 0 Å². The number of carbonyl (C=O) groups is 2. The van der Waals surface area contributed by atoms with Gasteiger partial charge in [-0.25, -0.2) is 0 Å². The Labute approximate surface area is 139 Å². The van der Waals surface area contributed by atoms with Crippen molar-refractivity contribution in [2.24, 2.45) is 0 Å². The van der Waals surface area contributed by atoms with Gasteiger partial charge >= 0.3 is 0 Å². The lowest BCUT2D eigenvalue weighted by Gasteiger charge is -2.13. The Morgan fingerprint density at radius 1 is 1.12 bits per heavy atom. The van der Waals surface area contributed by atoms with Crippen molar-refractivity contribution >= 4 is 17.5 Å². The molecule has 0 bridgehead atoms. The Kier molecular flexibility index (Phi) is 3.78. The molecule has 1 aliphatic heterocycles. The highest BCUT2D eigenvalue weighted by atomic mass is 16.2. The summed E-state index contributed by atoms with van der Waals surface area (Å²) < 4.78 is 0. The first kappa shape index (κ1) is 14.9. The van der Waals surface area contributed by atoms with E-state index in [1.807, 2.05) is 0 Å². The minimum Gasteiger partial charge on any atom is -0.349 e. The van der Waals surface area contributed by atoms with Crippen molar-refractivity contribution in [3.63, 3.8) is 0 Å². The third-order valence-corrected chi connectivity index (χ3v) is 4.34. The fourth-order valence-electron chi connectivity index (χ4n) is 2.80. The monoisotopic (exact) mass is 325 g/mol. The van der Waals surface area contributed by atoms with Gasteiger partial charge in [0, 0.05) is 48.1 Å². The van der Waals surface area contributed by atoms with E-state index in [4.69, 9.17) is 0 Å². The first-order valence-corrected chi connectivity index (χ1v) is 8.20. The van der Waals surface area contributed by atoms with E-state index in [2.05, 4.69) is 26.1 Å². The molecule has 0 spiro atoms. The van der Waals surface area contributed by atoms with Crippen LogP contribution in [0.15, 0.2) is 24.3 Å². The number of benzene rings is 1. The molecule has 0 unspecified atom stereocenters. The molecule has 0 saturated heterocycles. The first-order valence-electron chi connectivity index (χ1n) is 8.20. The normalized spacial score (nSPS) is 16.3. The van der Waals surface area contributed by atoms with E-state index in [9.17, 15) is 9.59 Å². The summed E-state index contributed by atoms with van der Waals surface area (Å²) in [6, 6.07) is 7.23. The molecule has 1 aromatic carbocycles. The molecule has 0 radical (unpaired) electrons. The van der Waals surface area contributed by atoms with E-state index in [1.165, 1.54) is 0 Å². The number of H-pyrrole nitrogens is 1. The quantitative estimate of drug-likeness (QED) is 0.679. The summed E-state index contributed by atoms with van der Waals surface area (Å²) in [5.74, 6) is -0.311. The average Bonchev–Trinajstić information content (AvgIpc) is 3.30. The molecule has 1 aliphatic carbocycles. The van der Waals surface area contributed by atoms with Crippen molar-refractivity contribution in [3.05, 3.63) is 46.8 Å². The van der Waals surface area contributed by atoms with Crippen LogP contribution >= 0.6 is 0 Å². The molecule has 0 atom stereocenters. The van der Waals surface area contributed by atoms with Crippen LogP contribution in [0.3, 0.4) is 0 Å². The number of rotatable bonds is 4. The largest absolute Gasteiger partial charge is 0.349 e. The average molecular weight is 325 g/mol. The summed E-state index contributed by atoms with van der Waals surface area (Å²) in [4.78, 5) is 24.4. The fraction of sp³-hybridized carbons (Fsp3) is 0.353. The summed E-state index contributed by atoms with van der Waals surface area (Å²) in [6.45, 7) is 1.54. The summed E-state index contributed by atoms with van der Waals surface area (Å²) in [5.41, 5.74) is 3.61. The number of hydrogen-bond acceptors (Lipinski definition) is 4. The summed E-state index contributed by atoms with van der Waals surface area (Å²) in [7, 11) is 0. The summed E-state index contributed by atoms with van der Waals surface area (Å²) in [5, 5.41) is 16.1. The second-order valence-corrected chi connectivity index (χ2v) is 6.24. The van der Waals surface area contributed by atoms with Crippen LogP contribution in [0, 0.1) is 0 Å². The Bertz CT molecular complexity index is 777. The van der Waals surface area contributed by atoms with Gasteiger partial charge in [0.1, 0.15) is 0 Å². The molecule has 2 amide bonds. The number of carbonyl (C=O) groups excluding carboxylic acids is 2. The van der Waals surface area contributed by atoms with Gasteiger partial charge < -0.3 is 16.0 Å². The van der Waals surface area contributed by atoms with Gasteiger partial charge in [-0.1, -0.05) is 0 Å². The second-order valence-electron chi connectivity index (χ2n) is 6.24. The molecule has 2 aromatic rings. The predicted molar refractivity (Wildman–Crippen MR) is 88.9 cm³/mol. The summed E-state index contributed by atoms with van der Waals surface area (Å²) >= 11 is 0. The Morgan fingerprint density at radius 2 is 1.92 bits per heavy atom. The molecular formula is C17H19N5O2. The van der Waals surface area contributed by atoms with Crippen molar-refractivity contribution < 1.29 is 9.59 Å². The third kappa shape index (κ3) is 3.03. The van der Waals surface area contributed by atoms with E-state index >= 15 is 0 Å². The molecule has 2 aliphatic rings. The third-order valence-electron chi connectivity index (χ3n) is 4.34. The van der Waals surface area contributed by atoms with Gasteiger partial charge in [0.05, 0.1) is 0 Å². The second kappa shape index (κ2) is 6.09. The lowest BCUT2D eigenvalue weighted by atomic mass is 10.1. The minimum absolute atomic E-state index is 0.0668. The molecule has 4 N–H and O–H groups in total. The topological polar surface area (TPSA) is 98.9 Å². The van der Waals surface area contributed by atoms with Crippen molar-refractivity contribution in [3.8, 4) is 0 Å². The van der Waals surface area contributed by atoms with Gasteiger partial charge in [-0.2, -0.15) is 5.10 Å². The van der Waals surface area contributed by atoms with Crippen LogP contribution in [-0.4, -0.2) is 34.6 Å². The highest BCUT2D eigenvalue weighted by Gasteiger charge is 2.24. The maximum Gasteiger partial charge on any atom is 0.276 e. The van der Waals surface area contributed by atoms with E-state index in [-0.39, 0.29) is 11.8 Å². The lowest BCUT2D eigenvalue weighted by Crippen LogP contribution is -2.25. The van der Waals surface area contributed by atoms with Crippen molar-refractivity contribution in [2.45, 2.75) is 31.8 Å². The van der Waals surface area contributed by atoms with Crippen LogP contribution in [0.1, 0.15) is 44.9 Å². The minimum atomic E-state index is -0.244. The van der Waals surface area contributed by atoms with Crippen molar-refractivity contribution in [1.29, 1.82) is 0 Å². The van der Waals surface area contributed by atoms with Gasteiger partial charge in [0.15, 0.2) is 5.69 Å². The van der Waals surface area contributed by atoms with Crippen LogP contribution < -0.4 is 16.0 Å². The zero-order chi connectivity index (χ0) is 16.5. The maximum atomic E-state index is 12.4. The molecular weight excluding hydrogens is 306 g/mol. The number of aromatic nitrogens is 2. The zero-order valence-corrected chi connectivity index (χ0v) is 13.2. The van der Waals surface area contributed by atoms with Crippen molar-refractivity contribution in [2.75, 3.05) is 11.9 Å². The molecule has 1 fully saturated rings. The molecule has 1 aromatic heterocycles. The van der Waals surface area contributed by atoms with Crippen LogP contribution in [0.5, 0.6) is 0 Å². The molecule has 4 rings (SSSR count). The standard InChI is InChI=1S/C17H19N5O2/c23-16(19-12-5-6-12)10-1-3-11(4-2-10)20-17(24)15-13-9-18-8-7-14(13)21-22-15/h1-4,12,18H,5-9H2,(H,19,23)(H,20,24)(H,21,22). The number of nitrogens with one attached hydrogen (secondary N) is 4. The van der Waals surface area contributed by atoms with Gasteiger partial charge in [-0.05, 0) is 37.1 Å². The number of nitrogens with zero attached hydrogens (tertiary/aromatic N) is 1. The fourth-order valence-corrected chi connectivity index (χ4v) is 2.80. The molecule has 2 heterocycles. The molecule has 7 heteroatoms. The maximum absolute atomic E-state index is 12.4. The number of amides is 2. The number of fused-ring (bicyclic) bond motifs is 1. The van der Waals surface area contributed by atoms with E-state index in [0.717, 1.165) is 37.1 Å². The first-order chi connectivity index (χ1) is 11.7. The van der Waals surface area contributed by atoms with Crippen LogP contribution in [-0.2, 0) is 13.0 Å². The predicted octanol–water partition coefficient (Wildman–Crippen LogP) is 1.20. The highest BCUT2D eigenvalue weighted by Crippen LogP contribution is 2.20. The molecule has 7 nitrogen and oxygen atoms in total.